The van der Waals surface area contributed by atoms with E-state index in [9.17, 15) is 28.9 Å². The van der Waals surface area contributed by atoms with Crippen LogP contribution in [-0.2, 0) is 4.74 Å². The Balaban J connectivity index is 2.23. The maximum atomic E-state index is 14.2. The number of anilines is 1. The van der Waals surface area contributed by atoms with E-state index in [2.05, 4.69) is 15.9 Å². The summed E-state index contributed by atoms with van der Waals surface area (Å²) < 4.78 is 32.9. The van der Waals surface area contributed by atoms with Crippen molar-refractivity contribution in [2.75, 3.05) is 19.0 Å². The second-order valence-electron chi connectivity index (χ2n) is 5.45. The van der Waals surface area contributed by atoms with E-state index in [1.54, 1.807) is 0 Å². The lowest BCUT2D eigenvalue weighted by Crippen LogP contribution is -2.46. The van der Waals surface area contributed by atoms with Crippen molar-refractivity contribution in [2.45, 2.75) is 24.0 Å². The number of rotatable bonds is 2. The summed E-state index contributed by atoms with van der Waals surface area (Å²) in [5.74, 6) is 2.82. The summed E-state index contributed by atoms with van der Waals surface area (Å²) in [6.45, 7) is -1.80. The van der Waals surface area contributed by atoms with Crippen LogP contribution < -0.4 is 11.3 Å². The minimum atomic E-state index is -2.38. The highest BCUT2D eigenvalue weighted by Gasteiger charge is 2.56. The molecule has 4 atom stereocenters. The topological polar surface area (TPSA) is 147 Å². The third-order valence-corrected chi connectivity index (χ3v) is 3.93. The third kappa shape index (κ3) is 2.56. The third-order valence-electron chi connectivity index (χ3n) is 3.93. The van der Waals surface area contributed by atoms with Crippen molar-refractivity contribution in [3.05, 3.63) is 22.4 Å². The maximum absolute atomic E-state index is 14.2. The molecule has 0 aromatic carbocycles. The highest BCUT2D eigenvalue weighted by molar-refractivity contribution is 5.77. The van der Waals surface area contributed by atoms with Crippen LogP contribution in [-0.4, -0.2) is 60.9 Å². The lowest BCUT2D eigenvalue weighted by Gasteiger charge is -2.26. The number of ether oxygens (including phenoxy) is 1. The summed E-state index contributed by atoms with van der Waals surface area (Å²) in [6.07, 6.45) is -3.75. The SMILES string of the molecule is Nc1nc2c(c(F)cn2[C@@H]2O[C@H](CO)C(O)[C@]2(O)C#CCF)c(=O)[nH]1. The second kappa shape index (κ2) is 6.08. The summed E-state index contributed by atoms with van der Waals surface area (Å²) in [5.41, 5.74) is 1.96. The van der Waals surface area contributed by atoms with Crippen molar-refractivity contribution in [1.82, 2.24) is 14.5 Å². The summed E-state index contributed by atoms with van der Waals surface area (Å²) in [4.78, 5) is 17.8. The number of hydrogen-bond acceptors (Lipinski definition) is 7. The number of nitrogens with one attached hydrogen (secondary N) is 1. The van der Waals surface area contributed by atoms with Gasteiger partial charge in [-0.05, 0) is 0 Å². The number of H-pyrrole nitrogens is 1. The first kappa shape index (κ1) is 17.3. The number of halogens is 2. The predicted octanol–water partition coefficient (Wildman–Crippen LogP) is -1.60. The number of hydrogen-bond donors (Lipinski definition) is 5. The van der Waals surface area contributed by atoms with Crippen molar-refractivity contribution in [3.63, 3.8) is 0 Å². The lowest BCUT2D eigenvalue weighted by molar-refractivity contribution is -0.0721. The fourth-order valence-electron chi connectivity index (χ4n) is 2.81. The van der Waals surface area contributed by atoms with Crippen molar-refractivity contribution < 1.29 is 28.8 Å². The van der Waals surface area contributed by atoms with Crippen LogP contribution in [0.3, 0.4) is 0 Å². The van der Waals surface area contributed by atoms with Gasteiger partial charge in [-0.15, -0.1) is 0 Å². The van der Waals surface area contributed by atoms with Gasteiger partial charge in [0.1, 0.15) is 24.3 Å². The molecule has 1 saturated heterocycles. The monoisotopic (exact) mass is 356 g/mol. The molecular formula is C14H14F2N4O5. The number of aliphatic hydroxyl groups excluding tert-OH is 2. The molecule has 0 bridgehead atoms. The van der Waals surface area contributed by atoms with Crippen LogP contribution >= 0.6 is 0 Å². The first-order chi connectivity index (χ1) is 11.8. The van der Waals surface area contributed by atoms with E-state index >= 15 is 0 Å². The van der Waals surface area contributed by atoms with Gasteiger partial charge >= 0.3 is 0 Å². The fraction of sp³-hybridized carbons (Fsp3) is 0.429. The van der Waals surface area contributed by atoms with Crippen LogP contribution in [0, 0.1) is 17.7 Å². The number of fused-ring (bicyclic) bond motifs is 1. The average molecular weight is 356 g/mol. The van der Waals surface area contributed by atoms with Gasteiger partial charge in [-0.1, -0.05) is 11.8 Å². The number of nitrogens with zero attached hydrogens (tertiary/aromatic N) is 2. The van der Waals surface area contributed by atoms with Crippen LogP contribution in [0.15, 0.2) is 11.0 Å². The standard InChI is InChI=1S/C14H14F2N4O5/c15-3-1-2-14(24)9(22)7(5-21)25-12(14)20-4-6(16)8-10(20)18-13(17)19-11(8)23/h4,7,9,12,21-22,24H,3,5H2,(H3,17,18,19,23)/t7-,9?,12-,14-/m1/s1. The van der Waals surface area contributed by atoms with Crippen molar-refractivity contribution in [2.24, 2.45) is 0 Å². The number of aromatic amines is 1. The van der Waals surface area contributed by atoms with Crippen molar-refractivity contribution >= 4 is 17.0 Å². The van der Waals surface area contributed by atoms with Gasteiger partial charge in [-0.2, -0.15) is 4.98 Å². The second-order valence-corrected chi connectivity index (χ2v) is 5.45. The molecule has 25 heavy (non-hydrogen) atoms. The quantitative estimate of drug-likeness (QED) is 0.407. The molecule has 2 aromatic rings. The Morgan fingerprint density at radius 1 is 1.56 bits per heavy atom. The van der Waals surface area contributed by atoms with E-state index in [0.29, 0.717) is 0 Å². The number of aliphatic hydroxyl groups is 3. The highest BCUT2D eigenvalue weighted by Crippen LogP contribution is 2.39. The molecule has 1 fully saturated rings. The molecular weight excluding hydrogens is 342 g/mol. The number of alkyl halides is 1. The van der Waals surface area contributed by atoms with Crippen LogP contribution in [0.4, 0.5) is 14.7 Å². The minimum absolute atomic E-state index is 0.269. The number of nitrogens with two attached hydrogens (primary N) is 1. The minimum Gasteiger partial charge on any atom is -0.394 e. The normalized spacial score (nSPS) is 28.9. The van der Waals surface area contributed by atoms with Crippen LogP contribution in [0.2, 0.25) is 0 Å². The largest absolute Gasteiger partial charge is 0.394 e. The van der Waals surface area contributed by atoms with Crippen LogP contribution in [0.25, 0.3) is 11.0 Å². The molecule has 0 aliphatic carbocycles. The Morgan fingerprint density at radius 3 is 2.92 bits per heavy atom. The molecule has 0 radical (unpaired) electrons. The van der Waals surface area contributed by atoms with Crippen molar-refractivity contribution in [3.8, 4) is 11.8 Å². The number of nitrogen functional groups attached to an aromatic ring is 1. The van der Waals surface area contributed by atoms with Gasteiger partial charge in [0.15, 0.2) is 23.3 Å². The molecule has 0 amide bonds. The van der Waals surface area contributed by atoms with E-state index in [1.165, 1.54) is 0 Å². The van der Waals surface area contributed by atoms with Crippen LogP contribution in [0.1, 0.15) is 6.23 Å². The highest BCUT2D eigenvalue weighted by atomic mass is 19.1. The van der Waals surface area contributed by atoms with Gasteiger partial charge < -0.3 is 25.8 Å². The molecule has 11 heteroatoms. The van der Waals surface area contributed by atoms with E-state index in [4.69, 9.17) is 10.5 Å². The molecule has 1 aliphatic rings. The Bertz CT molecular complexity index is 933. The zero-order valence-electron chi connectivity index (χ0n) is 12.6. The lowest BCUT2D eigenvalue weighted by atomic mass is 9.94. The van der Waals surface area contributed by atoms with Crippen molar-refractivity contribution in [1.29, 1.82) is 0 Å². The smallest absolute Gasteiger partial charge is 0.264 e. The summed E-state index contributed by atoms with van der Waals surface area (Å²) in [5, 5.41) is 29.7. The molecule has 2 aromatic heterocycles. The molecule has 3 rings (SSSR count). The zero-order chi connectivity index (χ0) is 18.4. The van der Waals surface area contributed by atoms with Gasteiger partial charge in [-0.25, -0.2) is 8.78 Å². The summed E-state index contributed by atoms with van der Waals surface area (Å²) in [7, 11) is 0. The van der Waals surface area contributed by atoms with Gasteiger partial charge in [0.25, 0.3) is 5.56 Å². The number of aromatic nitrogens is 3. The van der Waals surface area contributed by atoms with E-state index in [1.807, 2.05) is 5.92 Å². The van der Waals surface area contributed by atoms with Gasteiger partial charge in [0, 0.05) is 6.20 Å². The summed E-state index contributed by atoms with van der Waals surface area (Å²) >= 11 is 0. The summed E-state index contributed by atoms with van der Waals surface area (Å²) in [6, 6.07) is 0. The molecule has 9 nitrogen and oxygen atoms in total. The van der Waals surface area contributed by atoms with E-state index < -0.39 is 54.1 Å². The molecule has 1 aliphatic heterocycles. The Kier molecular flexibility index (Phi) is 4.21. The van der Waals surface area contributed by atoms with Gasteiger partial charge in [-0.3, -0.25) is 14.3 Å². The van der Waals surface area contributed by atoms with E-state index in [-0.39, 0.29) is 11.6 Å². The Labute approximate surface area is 138 Å². The van der Waals surface area contributed by atoms with Gasteiger partial charge in [0.2, 0.25) is 5.95 Å². The molecule has 1 unspecified atom stereocenters. The molecule has 3 heterocycles. The molecule has 134 valence electrons. The van der Waals surface area contributed by atoms with Crippen LogP contribution in [0.5, 0.6) is 0 Å². The zero-order valence-corrected chi connectivity index (χ0v) is 12.6. The van der Waals surface area contributed by atoms with E-state index in [0.717, 1.165) is 10.8 Å². The Morgan fingerprint density at radius 2 is 2.28 bits per heavy atom. The first-order valence-electron chi connectivity index (χ1n) is 7.12. The molecule has 0 saturated carbocycles. The predicted molar refractivity (Wildman–Crippen MR) is 80.4 cm³/mol. The molecule has 0 spiro atoms. The Hall–Kier alpha value is -2.52. The van der Waals surface area contributed by atoms with Gasteiger partial charge in [0.05, 0.1) is 6.61 Å². The molecule has 6 N–H and O–H groups in total. The maximum Gasteiger partial charge on any atom is 0.264 e. The fourth-order valence-corrected chi connectivity index (χ4v) is 2.81. The first-order valence-corrected chi connectivity index (χ1v) is 7.12. The average Bonchev–Trinajstić information content (AvgIpc) is 3.01.